The molecule has 2 aromatic carbocycles. The van der Waals surface area contributed by atoms with E-state index in [9.17, 15) is 4.79 Å². The highest BCUT2D eigenvalue weighted by atomic mass is 35.5. The molecule has 6 heteroatoms. The van der Waals surface area contributed by atoms with Crippen LogP contribution in [0.15, 0.2) is 70.7 Å². The monoisotopic (exact) mass is 442 g/mol. The van der Waals surface area contributed by atoms with Crippen LogP contribution in [-0.2, 0) is 5.41 Å². The van der Waals surface area contributed by atoms with Crippen LogP contribution in [0.4, 0.5) is 5.69 Å². The number of halogens is 1. The number of aromatic nitrogens is 1. The molecule has 3 aromatic rings. The Hall–Kier alpha value is -1.95. The predicted octanol–water partition coefficient (Wildman–Crippen LogP) is 7.10. The lowest BCUT2D eigenvalue weighted by molar-refractivity contribution is 0.103. The lowest BCUT2D eigenvalue weighted by Crippen LogP contribution is -2.10. The van der Waals surface area contributed by atoms with E-state index in [1.165, 1.54) is 29.3 Å². The maximum atomic E-state index is 13.0. The van der Waals surface area contributed by atoms with Gasteiger partial charge in [-0.15, -0.1) is 11.8 Å². The van der Waals surface area contributed by atoms with Crippen LogP contribution < -0.4 is 4.72 Å². The zero-order chi connectivity index (χ0) is 21.0. The molecule has 0 saturated heterocycles. The Morgan fingerprint density at radius 2 is 1.76 bits per heavy atom. The number of benzene rings is 2. The van der Waals surface area contributed by atoms with E-state index in [-0.39, 0.29) is 11.2 Å². The second-order valence-corrected chi connectivity index (χ2v) is 9.73. The largest absolute Gasteiger partial charge is 0.325 e. The molecule has 1 N–H and O–H groups in total. The lowest BCUT2D eigenvalue weighted by Gasteiger charge is -2.19. The van der Waals surface area contributed by atoms with Crippen LogP contribution in [0, 0.1) is 0 Å². The maximum Gasteiger partial charge on any atom is 0.196 e. The number of ketones is 1. The highest BCUT2D eigenvalue weighted by molar-refractivity contribution is 8.00. The van der Waals surface area contributed by atoms with E-state index in [4.69, 9.17) is 11.6 Å². The quantitative estimate of drug-likeness (QED) is 0.250. The van der Waals surface area contributed by atoms with Crippen LogP contribution in [-0.4, -0.2) is 17.0 Å². The van der Waals surface area contributed by atoms with Gasteiger partial charge in [0, 0.05) is 27.2 Å². The highest BCUT2D eigenvalue weighted by Gasteiger charge is 2.16. The Morgan fingerprint density at radius 3 is 2.34 bits per heavy atom. The molecule has 0 spiro atoms. The fourth-order valence-corrected chi connectivity index (χ4v) is 3.93. The number of hydrogen-bond donors (Lipinski definition) is 1. The van der Waals surface area contributed by atoms with Crippen molar-refractivity contribution in [3.05, 3.63) is 82.5 Å². The number of nitrogens with zero attached hydrogens (tertiary/aromatic N) is 1. The van der Waals surface area contributed by atoms with E-state index >= 15 is 0 Å². The molecule has 3 nitrogen and oxygen atoms in total. The molecule has 1 aromatic heterocycles. The zero-order valence-corrected chi connectivity index (χ0v) is 19.2. The Bertz CT molecular complexity index is 997. The average Bonchev–Trinajstić information content (AvgIpc) is 2.72. The molecule has 0 atom stereocenters. The summed E-state index contributed by atoms with van der Waals surface area (Å²) >= 11 is 9.17. The highest BCUT2D eigenvalue weighted by Crippen LogP contribution is 2.30. The number of carbonyl (C=O) groups excluding carboxylic acids is 1. The second-order valence-electron chi connectivity index (χ2n) is 7.59. The Balaban J connectivity index is 1.80. The van der Waals surface area contributed by atoms with Crippen LogP contribution in [0.2, 0.25) is 5.02 Å². The topological polar surface area (TPSA) is 42.0 Å². The number of anilines is 1. The Morgan fingerprint density at radius 1 is 1.03 bits per heavy atom. The molecule has 0 saturated carbocycles. The van der Waals surface area contributed by atoms with E-state index in [1.807, 2.05) is 18.4 Å². The summed E-state index contributed by atoms with van der Waals surface area (Å²) in [5, 5.41) is 1.40. The summed E-state index contributed by atoms with van der Waals surface area (Å²) in [6.07, 6.45) is 3.56. The summed E-state index contributed by atoms with van der Waals surface area (Å²) < 4.78 is 3.30. The summed E-state index contributed by atoms with van der Waals surface area (Å²) in [4.78, 5) is 18.4. The fourth-order valence-electron chi connectivity index (χ4n) is 2.72. The molecule has 1 heterocycles. The molecule has 0 bridgehead atoms. The van der Waals surface area contributed by atoms with Gasteiger partial charge in [-0.3, -0.25) is 4.79 Å². The number of rotatable bonds is 6. The van der Waals surface area contributed by atoms with Gasteiger partial charge in [0.05, 0.1) is 10.7 Å². The Labute approximate surface area is 185 Å². The number of carbonyl (C=O) groups is 1. The molecule has 0 radical (unpaired) electrons. The first-order valence-corrected chi connectivity index (χ1v) is 11.6. The second kappa shape index (κ2) is 9.24. The minimum absolute atomic E-state index is 0.112. The molecule has 0 aliphatic rings. The van der Waals surface area contributed by atoms with E-state index in [0.717, 1.165) is 15.6 Å². The molecule has 0 aliphatic heterocycles. The first kappa shape index (κ1) is 21.8. The van der Waals surface area contributed by atoms with Gasteiger partial charge in [0.2, 0.25) is 0 Å². The van der Waals surface area contributed by atoms with Crippen molar-refractivity contribution >= 4 is 46.8 Å². The van der Waals surface area contributed by atoms with Crippen molar-refractivity contribution in [2.45, 2.75) is 36.1 Å². The van der Waals surface area contributed by atoms with Crippen molar-refractivity contribution in [2.24, 2.45) is 0 Å². The van der Waals surface area contributed by atoms with Crippen molar-refractivity contribution in [1.82, 2.24) is 4.98 Å². The van der Waals surface area contributed by atoms with Crippen LogP contribution in [0.1, 0.15) is 42.3 Å². The molecule has 150 valence electrons. The summed E-state index contributed by atoms with van der Waals surface area (Å²) in [6.45, 7) is 6.58. The number of thioether (sulfide) groups is 1. The van der Waals surface area contributed by atoms with Crippen molar-refractivity contribution in [1.29, 1.82) is 0 Å². The molecule has 0 aliphatic carbocycles. The van der Waals surface area contributed by atoms with Crippen molar-refractivity contribution in [3.8, 4) is 0 Å². The van der Waals surface area contributed by atoms with E-state index in [1.54, 1.807) is 24.4 Å². The standard InChI is InChI=1S/C23H23ClN2OS2/c1-23(2,3)16-6-9-18(10-7-16)29-26-20-11-8-17(24)13-19(20)22(27)15-5-12-21(28-4)25-14-15/h5-14,26H,1-4H3. The third-order valence-electron chi connectivity index (χ3n) is 4.43. The van der Waals surface area contributed by atoms with E-state index in [0.29, 0.717) is 16.1 Å². The van der Waals surface area contributed by atoms with Gasteiger partial charge < -0.3 is 4.72 Å². The molecule has 0 fully saturated rings. The maximum absolute atomic E-state index is 13.0. The van der Waals surface area contributed by atoms with Gasteiger partial charge >= 0.3 is 0 Å². The van der Waals surface area contributed by atoms with Gasteiger partial charge in [-0.05, 0) is 71.6 Å². The smallest absolute Gasteiger partial charge is 0.196 e. The summed E-state index contributed by atoms with van der Waals surface area (Å²) in [5.41, 5.74) is 3.18. The van der Waals surface area contributed by atoms with Gasteiger partial charge in [-0.1, -0.05) is 44.5 Å². The average molecular weight is 443 g/mol. The van der Waals surface area contributed by atoms with E-state index in [2.05, 4.69) is 54.7 Å². The van der Waals surface area contributed by atoms with E-state index < -0.39 is 0 Å². The van der Waals surface area contributed by atoms with Crippen LogP contribution in [0.3, 0.4) is 0 Å². The number of hydrogen-bond acceptors (Lipinski definition) is 5. The summed E-state index contributed by atoms with van der Waals surface area (Å²) in [7, 11) is 0. The minimum Gasteiger partial charge on any atom is -0.325 e. The Kier molecular flexibility index (Phi) is 6.93. The predicted molar refractivity (Wildman–Crippen MR) is 126 cm³/mol. The summed E-state index contributed by atoms with van der Waals surface area (Å²) in [6, 6.07) is 17.4. The van der Waals surface area contributed by atoms with Crippen LogP contribution in [0.25, 0.3) is 0 Å². The van der Waals surface area contributed by atoms with Crippen molar-refractivity contribution < 1.29 is 4.79 Å². The zero-order valence-electron chi connectivity index (χ0n) is 16.8. The minimum atomic E-state index is -0.112. The normalized spacial score (nSPS) is 11.3. The van der Waals surface area contributed by atoms with Gasteiger partial charge in [-0.2, -0.15) is 0 Å². The first-order valence-electron chi connectivity index (χ1n) is 9.15. The number of pyridine rings is 1. The van der Waals surface area contributed by atoms with Crippen molar-refractivity contribution in [2.75, 3.05) is 11.0 Å². The number of nitrogens with one attached hydrogen (secondary N) is 1. The van der Waals surface area contributed by atoms with Crippen molar-refractivity contribution in [3.63, 3.8) is 0 Å². The molecule has 0 unspecified atom stereocenters. The molecular formula is C23H23ClN2OS2. The fraction of sp³-hybridized carbons (Fsp3) is 0.217. The van der Waals surface area contributed by atoms with Gasteiger partial charge in [0.25, 0.3) is 0 Å². The van der Waals surface area contributed by atoms with Gasteiger partial charge in [-0.25, -0.2) is 4.98 Å². The van der Waals surface area contributed by atoms with Crippen LogP contribution in [0.5, 0.6) is 0 Å². The molecule has 29 heavy (non-hydrogen) atoms. The third kappa shape index (κ3) is 5.56. The lowest BCUT2D eigenvalue weighted by atomic mass is 9.87. The molecule has 0 amide bonds. The first-order chi connectivity index (χ1) is 13.8. The SMILES string of the molecule is CSc1ccc(C(=O)c2cc(Cl)ccc2NSc2ccc(C(C)(C)C)cc2)cn1. The van der Waals surface area contributed by atoms with Crippen LogP contribution >= 0.6 is 35.3 Å². The molecule has 3 rings (SSSR count). The molecular weight excluding hydrogens is 420 g/mol. The van der Waals surface area contributed by atoms with Gasteiger partial charge in [0.15, 0.2) is 5.78 Å². The summed E-state index contributed by atoms with van der Waals surface area (Å²) in [5.74, 6) is -0.112. The van der Waals surface area contributed by atoms with Gasteiger partial charge in [0.1, 0.15) is 0 Å². The third-order valence-corrected chi connectivity index (χ3v) is 6.16.